The van der Waals surface area contributed by atoms with Gasteiger partial charge in [-0.3, -0.25) is 9.48 Å². The summed E-state index contributed by atoms with van der Waals surface area (Å²) in [5, 5.41) is 5.24. The van der Waals surface area contributed by atoms with Gasteiger partial charge in [0.15, 0.2) is 0 Å². The molecule has 0 radical (unpaired) electrons. The maximum Gasteiger partial charge on any atom is 0.246 e. The minimum atomic E-state index is -0.337. The Morgan fingerprint density at radius 2 is 2.00 bits per heavy atom. The van der Waals surface area contributed by atoms with Crippen molar-refractivity contribution in [1.82, 2.24) is 14.7 Å². The quantitative estimate of drug-likeness (QED) is 0.871. The minimum Gasteiger partial charge on any atom is -0.347 e. The number of carbonyl (C=O) groups excluding carboxylic acids is 1. The molecule has 4 nitrogen and oxygen atoms in total. The van der Waals surface area contributed by atoms with E-state index in [0.717, 1.165) is 22.4 Å². The highest BCUT2D eigenvalue weighted by Crippen LogP contribution is 2.30. The van der Waals surface area contributed by atoms with E-state index in [2.05, 4.69) is 5.10 Å². The molecular weight excluding hydrogens is 286 g/mol. The summed E-state index contributed by atoms with van der Waals surface area (Å²) in [5.74, 6) is 0.0133. The summed E-state index contributed by atoms with van der Waals surface area (Å²) in [6, 6.07) is 5.52. The van der Waals surface area contributed by atoms with Crippen molar-refractivity contribution in [2.24, 2.45) is 0 Å². The van der Waals surface area contributed by atoms with Gasteiger partial charge < -0.3 is 4.90 Å². The van der Waals surface area contributed by atoms with E-state index in [0.29, 0.717) is 5.02 Å². The summed E-state index contributed by atoms with van der Waals surface area (Å²) < 4.78 is 1.70. The van der Waals surface area contributed by atoms with E-state index < -0.39 is 0 Å². The molecular formula is C16H20ClN3O. The molecule has 0 spiro atoms. The largest absolute Gasteiger partial charge is 0.347 e. The van der Waals surface area contributed by atoms with E-state index in [1.807, 2.05) is 45.2 Å². The summed E-state index contributed by atoms with van der Waals surface area (Å²) >= 11 is 6.28. The summed E-state index contributed by atoms with van der Waals surface area (Å²) in [4.78, 5) is 13.6. The topological polar surface area (TPSA) is 38.1 Å². The lowest BCUT2D eigenvalue weighted by atomic mass is 10.1. The number of aromatic nitrogens is 2. The van der Waals surface area contributed by atoms with Crippen molar-refractivity contribution in [3.8, 4) is 11.3 Å². The molecule has 112 valence electrons. The predicted molar refractivity (Wildman–Crippen MR) is 85.6 cm³/mol. The molecule has 0 aliphatic rings. The second kappa shape index (κ2) is 5.90. The first-order valence-corrected chi connectivity index (χ1v) is 7.22. The molecule has 2 rings (SSSR count). The average Bonchev–Trinajstić information content (AvgIpc) is 2.81. The normalized spacial score (nSPS) is 12.3. The van der Waals surface area contributed by atoms with Gasteiger partial charge in [-0.1, -0.05) is 23.2 Å². The van der Waals surface area contributed by atoms with Gasteiger partial charge in [0.05, 0.1) is 10.7 Å². The van der Waals surface area contributed by atoms with Gasteiger partial charge in [-0.2, -0.15) is 5.10 Å². The van der Waals surface area contributed by atoms with Crippen LogP contribution in [0.3, 0.4) is 0 Å². The molecule has 0 saturated heterocycles. The zero-order valence-corrected chi connectivity index (χ0v) is 13.8. The lowest BCUT2D eigenvalue weighted by Gasteiger charge is -2.16. The molecule has 0 aliphatic carbocycles. The fourth-order valence-corrected chi connectivity index (χ4v) is 2.46. The van der Waals surface area contributed by atoms with Crippen molar-refractivity contribution in [3.63, 3.8) is 0 Å². The molecule has 21 heavy (non-hydrogen) atoms. The Kier molecular flexibility index (Phi) is 4.37. The van der Waals surface area contributed by atoms with E-state index in [9.17, 15) is 4.79 Å². The standard InChI is InChI=1S/C16H20ClN3O/c1-10-6-7-14(17)13(8-10)15-11(2)9-20(18-15)12(3)16(21)19(4)5/h6-9,12H,1-5H3. The van der Waals surface area contributed by atoms with Crippen LogP contribution in [0.25, 0.3) is 11.3 Å². The highest BCUT2D eigenvalue weighted by Gasteiger charge is 2.20. The number of hydrogen-bond acceptors (Lipinski definition) is 2. The van der Waals surface area contributed by atoms with E-state index >= 15 is 0 Å². The summed E-state index contributed by atoms with van der Waals surface area (Å²) in [7, 11) is 3.49. The zero-order chi connectivity index (χ0) is 15.7. The molecule has 0 saturated carbocycles. The molecule has 1 aromatic carbocycles. The minimum absolute atomic E-state index is 0.0133. The number of hydrogen-bond donors (Lipinski definition) is 0. The Bertz CT molecular complexity index is 676. The SMILES string of the molecule is Cc1ccc(Cl)c(-c2nn(C(C)C(=O)N(C)C)cc2C)c1. The van der Waals surface area contributed by atoms with Crippen LogP contribution in [-0.2, 0) is 4.79 Å². The van der Waals surface area contributed by atoms with Crippen LogP contribution in [0.1, 0.15) is 24.1 Å². The van der Waals surface area contributed by atoms with E-state index in [-0.39, 0.29) is 11.9 Å². The van der Waals surface area contributed by atoms with Crippen LogP contribution < -0.4 is 0 Å². The van der Waals surface area contributed by atoms with Crippen molar-refractivity contribution in [2.45, 2.75) is 26.8 Å². The molecule has 1 heterocycles. The van der Waals surface area contributed by atoms with Crippen LogP contribution in [0.2, 0.25) is 5.02 Å². The summed E-state index contributed by atoms with van der Waals surface area (Å²) in [5.41, 5.74) is 3.85. The van der Waals surface area contributed by atoms with Crippen LogP contribution >= 0.6 is 11.6 Å². The molecule has 1 aromatic heterocycles. The van der Waals surface area contributed by atoms with Crippen molar-refractivity contribution >= 4 is 17.5 Å². The van der Waals surface area contributed by atoms with E-state index in [1.165, 1.54) is 0 Å². The lowest BCUT2D eigenvalue weighted by Crippen LogP contribution is -2.30. The fourth-order valence-electron chi connectivity index (χ4n) is 2.25. The Labute approximate surface area is 130 Å². The Hall–Kier alpha value is -1.81. The van der Waals surface area contributed by atoms with Crippen molar-refractivity contribution in [2.75, 3.05) is 14.1 Å². The summed E-state index contributed by atoms with van der Waals surface area (Å²) in [6.07, 6.45) is 1.89. The van der Waals surface area contributed by atoms with Gasteiger partial charge in [-0.15, -0.1) is 0 Å². The predicted octanol–water partition coefficient (Wildman–Crippen LogP) is 3.47. The molecule has 0 fully saturated rings. The molecule has 0 bridgehead atoms. The van der Waals surface area contributed by atoms with Gasteiger partial charge in [0.1, 0.15) is 6.04 Å². The molecule has 0 N–H and O–H groups in total. The van der Waals surface area contributed by atoms with Gasteiger partial charge in [-0.05, 0) is 38.5 Å². The molecule has 1 unspecified atom stereocenters. The third-order valence-electron chi connectivity index (χ3n) is 3.49. The van der Waals surface area contributed by atoms with Gasteiger partial charge in [0.25, 0.3) is 0 Å². The molecule has 5 heteroatoms. The Morgan fingerprint density at radius 3 is 2.62 bits per heavy atom. The second-order valence-electron chi connectivity index (χ2n) is 5.53. The van der Waals surface area contributed by atoms with Crippen molar-refractivity contribution < 1.29 is 4.79 Å². The molecule has 1 amide bonds. The number of rotatable bonds is 3. The summed E-state index contributed by atoms with van der Waals surface area (Å²) in [6.45, 7) is 5.84. The Balaban J connectivity index is 2.44. The highest BCUT2D eigenvalue weighted by atomic mass is 35.5. The lowest BCUT2D eigenvalue weighted by molar-refractivity contribution is -0.131. The number of nitrogens with zero attached hydrogens (tertiary/aromatic N) is 3. The molecule has 2 aromatic rings. The maximum absolute atomic E-state index is 12.1. The van der Waals surface area contributed by atoms with Gasteiger partial charge in [-0.25, -0.2) is 0 Å². The second-order valence-corrected chi connectivity index (χ2v) is 5.94. The fraction of sp³-hybridized carbons (Fsp3) is 0.375. The number of aryl methyl sites for hydroxylation is 2. The first-order valence-electron chi connectivity index (χ1n) is 6.84. The molecule has 1 atom stereocenters. The number of halogens is 1. The number of likely N-dealkylation sites (N-methyl/N-ethyl adjacent to an activating group) is 1. The first-order chi connectivity index (χ1) is 9.81. The van der Waals surface area contributed by atoms with Gasteiger partial charge in [0, 0.05) is 25.9 Å². The number of benzene rings is 1. The van der Waals surface area contributed by atoms with Gasteiger partial charge >= 0.3 is 0 Å². The highest BCUT2D eigenvalue weighted by molar-refractivity contribution is 6.33. The van der Waals surface area contributed by atoms with Crippen LogP contribution in [0, 0.1) is 13.8 Å². The van der Waals surface area contributed by atoms with Crippen LogP contribution in [0.5, 0.6) is 0 Å². The van der Waals surface area contributed by atoms with Crippen molar-refractivity contribution in [1.29, 1.82) is 0 Å². The monoisotopic (exact) mass is 305 g/mol. The average molecular weight is 306 g/mol. The van der Waals surface area contributed by atoms with Gasteiger partial charge in [0.2, 0.25) is 5.91 Å². The number of amides is 1. The van der Waals surface area contributed by atoms with E-state index in [1.54, 1.807) is 23.7 Å². The smallest absolute Gasteiger partial charge is 0.246 e. The van der Waals surface area contributed by atoms with Crippen LogP contribution in [0.4, 0.5) is 0 Å². The number of carbonyl (C=O) groups is 1. The first kappa shape index (κ1) is 15.6. The zero-order valence-electron chi connectivity index (χ0n) is 13.0. The third-order valence-corrected chi connectivity index (χ3v) is 3.82. The maximum atomic E-state index is 12.1. The van der Waals surface area contributed by atoms with Crippen molar-refractivity contribution in [3.05, 3.63) is 40.5 Å². The Morgan fingerprint density at radius 1 is 1.33 bits per heavy atom. The molecule has 0 aliphatic heterocycles. The van der Waals surface area contributed by atoms with Crippen LogP contribution in [-0.4, -0.2) is 34.7 Å². The van der Waals surface area contributed by atoms with E-state index in [4.69, 9.17) is 11.6 Å². The third kappa shape index (κ3) is 3.10. The van der Waals surface area contributed by atoms with Crippen LogP contribution in [0.15, 0.2) is 24.4 Å².